The van der Waals surface area contributed by atoms with Gasteiger partial charge >= 0.3 is 0 Å². The van der Waals surface area contributed by atoms with Gasteiger partial charge in [-0.15, -0.1) is 0 Å². The van der Waals surface area contributed by atoms with Crippen molar-refractivity contribution in [1.82, 2.24) is 14.5 Å². The maximum absolute atomic E-state index is 14.0. The van der Waals surface area contributed by atoms with Crippen molar-refractivity contribution in [3.05, 3.63) is 62.8 Å². The van der Waals surface area contributed by atoms with Crippen molar-refractivity contribution in [1.29, 1.82) is 0 Å². The van der Waals surface area contributed by atoms with E-state index < -0.39 is 10.7 Å². The molecule has 2 heterocycles. The second-order valence-corrected chi connectivity index (χ2v) is 6.05. The number of pyridine rings is 1. The Balaban J connectivity index is 1.99. The molecule has 1 N–H and O–H groups in total. The Morgan fingerprint density at radius 1 is 1.26 bits per heavy atom. The molecule has 27 heavy (non-hydrogen) atoms. The molecule has 0 amide bonds. The Morgan fingerprint density at radius 3 is 2.81 bits per heavy atom. The Bertz CT molecular complexity index is 1050. The van der Waals surface area contributed by atoms with Crippen molar-refractivity contribution in [2.75, 3.05) is 5.32 Å². The van der Waals surface area contributed by atoms with E-state index in [2.05, 4.69) is 22.2 Å². The van der Waals surface area contributed by atoms with Crippen LogP contribution in [0.15, 0.2) is 41.3 Å². The first-order valence-corrected chi connectivity index (χ1v) is 8.57. The first kappa shape index (κ1) is 18.4. The molecule has 0 fully saturated rings. The van der Waals surface area contributed by atoms with E-state index in [4.69, 9.17) is 0 Å². The summed E-state index contributed by atoms with van der Waals surface area (Å²) in [7, 11) is 0. The largest absolute Gasteiger partial charge is 0.321 e. The van der Waals surface area contributed by atoms with E-state index >= 15 is 0 Å². The molecule has 0 saturated carbocycles. The zero-order chi connectivity index (χ0) is 19.4. The molecule has 0 aliphatic carbocycles. The molecule has 140 valence electrons. The summed E-state index contributed by atoms with van der Waals surface area (Å²) in [6, 6.07) is 6.24. The summed E-state index contributed by atoms with van der Waals surface area (Å²) in [5.74, 6) is -0.616. The number of rotatable bonds is 7. The Morgan fingerprint density at radius 2 is 2.07 bits per heavy atom. The number of non-ortho nitro benzene ring substituents is 1. The standard InChI is InChI=1S/C18H18FN5O3/c1-2-3-4-9-23-16(25)8-5-12-11-20-18(22-17(12)23)21-15-10-13(24(26)27)6-7-14(15)19/h5-8,10-11H,2-4,9H2,1H3,(H,20,21,22). The summed E-state index contributed by atoms with van der Waals surface area (Å²) in [4.78, 5) is 30.9. The number of halogens is 1. The number of hydrogen-bond acceptors (Lipinski definition) is 6. The monoisotopic (exact) mass is 371 g/mol. The number of nitro groups is 1. The zero-order valence-corrected chi connectivity index (χ0v) is 14.7. The molecular formula is C18H18FN5O3. The summed E-state index contributed by atoms with van der Waals surface area (Å²) >= 11 is 0. The average molecular weight is 371 g/mol. The average Bonchev–Trinajstić information content (AvgIpc) is 2.65. The van der Waals surface area contributed by atoms with Crippen LogP contribution >= 0.6 is 0 Å². The van der Waals surface area contributed by atoms with Crippen molar-refractivity contribution >= 4 is 28.4 Å². The van der Waals surface area contributed by atoms with Gasteiger partial charge in [0.1, 0.15) is 11.5 Å². The van der Waals surface area contributed by atoms with Crippen LogP contribution in [0.3, 0.4) is 0 Å². The van der Waals surface area contributed by atoms with Crippen LogP contribution in [0.5, 0.6) is 0 Å². The van der Waals surface area contributed by atoms with Gasteiger partial charge in [0.2, 0.25) is 5.95 Å². The highest BCUT2D eigenvalue weighted by Crippen LogP contribution is 2.24. The first-order valence-electron chi connectivity index (χ1n) is 8.57. The van der Waals surface area contributed by atoms with Gasteiger partial charge in [-0.3, -0.25) is 19.5 Å². The predicted octanol–water partition coefficient (Wildman–Crippen LogP) is 3.77. The molecule has 0 bridgehead atoms. The van der Waals surface area contributed by atoms with E-state index in [1.54, 1.807) is 10.6 Å². The van der Waals surface area contributed by atoms with Gasteiger partial charge in [-0.25, -0.2) is 9.37 Å². The highest BCUT2D eigenvalue weighted by atomic mass is 19.1. The topological polar surface area (TPSA) is 103 Å². The van der Waals surface area contributed by atoms with Crippen molar-refractivity contribution < 1.29 is 9.31 Å². The van der Waals surface area contributed by atoms with Crippen LogP contribution in [0.2, 0.25) is 0 Å². The quantitative estimate of drug-likeness (QED) is 0.385. The number of benzene rings is 1. The van der Waals surface area contributed by atoms with Gasteiger partial charge in [0, 0.05) is 36.3 Å². The molecule has 9 heteroatoms. The molecule has 0 aliphatic heterocycles. The molecule has 0 radical (unpaired) electrons. The number of hydrogen-bond donors (Lipinski definition) is 1. The van der Waals surface area contributed by atoms with Crippen LogP contribution < -0.4 is 10.9 Å². The molecule has 2 aromatic heterocycles. The van der Waals surface area contributed by atoms with Gasteiger partial charge in [-0.2, -0.15) is 4.98 Å². The van der Waals surface area contributed by atoms with Crippen LogP contribution in [0, 0.1) is 15.9 Å². The highest BCUT2D eigenvalue weighted by Gasteiger charge is 2.13. The number of unbranched alkanes of at least 4 members (excludes halogenated alkanes) is 2. The van der Waals surface area contributed by atoms with E-state index in [1.807, 2.05) is 0 Å². The van der Waals surface area contributed by atoms with Gasteiger partial charge in [0.05, 0.1) is 10.6 Å². The molecule has 3 rings (SSSR count). The maximum atomic E-state index is 14.0. The molecule has 0 spiro atoms. The number of aryl methyl sites for hydroxylation is 1. The lowest BCUT2D eigenvalue weighted by atomic mass is 10.2. The number of nitrogens with one attached hydrogen (secondary N) is 1. The third kappa shape index (κ3) is 4.08. The van der Waals surface area contributed by atoms with Gasteiger partial charge in [-0.1, -0.05) is 19.8 Å². The van der Waals surface area contributed by atoms with Crippen molar-refractivity contribution in [2.45, 2.75) is 32.7 Å². The van der Waals surface area contributed by atoms with Gasteiger partial charge in [-0.05, 0) is 18.6 Å². The van der Waals surface area contributed by atoms with Crippen LogP contribution in [-0.4, -0.2) is 19.5 Å². The van der Waals surface area contributed by atoms with Gasteiger partial charge in [0.15, 0.2) is 0 Å². The number of fused-ring (bicyclic) bond motifs is 1. The fraction of sp³-hybridized carbons (Fsp3) is 0.278. The fourth-order valence-corrected chi connectivity index (χ4v) is 2.71. The minimum atomic E-state index is -0.669. The second-order valence-electron chi connectivity index (χ2n) is 6.05. The van der Waals surface area contributed by atoms with E-state index in [0.29, 0.717) is 17.6 Å². The minimum Gasteiger partial charge on any atom is -0.321 e. The summed E-state index contributed by atoms with van der Waals surface area (Å²) in [6.45, 7) is 2.59. The van der Waals surface area contributed by atoms with Crippen molar-refractivity contribution in [3.8, 4) is 0 Å². The summed E-state index contributed by atoms with van der Waals surface area (Å²) in [6.07, 6.45) is 4.36. The molecule has 0 aliphatic rings. The lowest BCUT2D eigenvalue weighted by Gasteiger charge is -2.11. The number of nitro benzene ring substituents is 1. The lowest BCUT2D eigenvalue weighted by molar-refractivity contribution is -0.384. The SMILES string of the molecule is CCCCCn1c(=O)ccc2cnc(Nc3cc([N+](=O)[O-])ccc3F)nc21. The van der Waals surface area contributed by atoms with Crippen LogP contribution in [-0.2, 0) is 6.54 Å². The molecule has 0 atom stereocenters. The maximum Gasteiger partial charge on any atom is 0.271 e. The summed E-state index contributed by atoms with van der Waals surface area (Å²) in [5, 5.41) is 14.2. The van der Waals surface area contributed by atoms with Crippen molar-refractivity contribution in [3.63, 3.8) is 0 Å². The lowest BCUT2D eigenvalue weighted by Crippen LogP contribution is -2.20. The smallest absolute Gasteiger partial charge is 0.271 e. The summed E-state index contributed by atoms with van der Waals surface area (Å²) < 4.78 is 15.5. The zero-order valence-electron chi connectivity index (χ0n) is 14.7. The minimum absolute atomic E-state index is 0.0525. The fourth-order valence-electron chi connectivity index (χ4n) is 2.71. The molecule has 1 aromatic carbocycles. The first-order chi connectivity index (χ1) is 13.0. The van der Waals surface area contributed by atoms with E-state index in [1.165, 1.54) is 12.3 Å². The third-order valence-corrected chi connectivity index (χ3v) is 4.12. The number of nitrogens with zero attached hydrogens (tertiary/aromatic N) is 4. The third-order valence-electron chi connectivity index (χ3n) is 4.12. The van der Waals surface area contributed by atoms with Crippen LogP contribution in [0.1, 0.15) is 26.2 Å². The van der Waals surface area contributed by atoms with Gasteiger partial charge < -0.3 is 5.32 Å². The van der Waals surface area contributed by atoms with E-state index in [-0.39, 0.29) is 22.9 Å². The predicted molar refractivity (Wildman–Crippen MR) is 99.7 cm³/mol. The Kier molecular flexibility index (Phi) is 5.39. The highest BCUT2D eigenvalue weighted by molar-refractivity contribution is 5.75. The molecule has 8 nitrogen and oxygen atoms in total. The van der Waals surface area contributed by atoms with E-state index in [9.17, 15) is 19.3 Å². The number of aromatic nitrogens is 3. The molecular weight excluding hydrogens is 353 g/mol. The molecule has 0 unspecified atom stereocenters. The van der Waals surface area contributed by atoms with Gasteiger partial charge in [0.25, 0.3) is 11.2 Å². The van der Waals surface area contributed by atoms with Crippen molar-refractivity contribution in [2.24, 2.45) is 0 Å². The Hall–Kier alpha value is -3.36. The molecule has 3 aromatic rings. The summed E-state index contributed by atoms with van der Waals surface area (Å²) in [5.41, 5.74) is -0.109. The van der Waals surface area contributed by atoms with E-state index in [0.717, 1.165) is 37.5 Å². The second kappa shape index (κ2) is 7.90. The normalized spacial score (nSPS) is 10.9. The van der Waals surface area contributed by atoms with Crippen LogP contribution in [0.25, 0.3) is 11.0 Å². The number of anilines is 2. The Labute approximate surface area is 153 Å². The molecule has 0 saturated heterocycles. The van der Waals surface area contributed by atoms with Crippen LogP contribution in [0.4, 0.5) is 21.7 Å².